The predicted molar refractivity (Wildman–Crippen MR) is 74.8 cm³/mol. The monoisotopic (exact) mass is 262 g/mol. The lowest BCUT2D eigenvalue weighted by Gasteiger charge is -2.19. The fraction of sp³-hybridized carbons (Fsp3) is 0.533. The van der Waals surface area contributed by atoms with Crippen LogP contribution in [0.3, 0.4) is 0 Å². The number of fused-ring (bicyclic) bond motifs is 1. The molecule has 0 spiro atoms. The van der Waals surface area contributed by atoms with E-state index in [9.17, 15) is 4.79 Å². The smallest absolute Gasteiger partial charge is 0.236 e. The molecule has 19 heavy (non-hydrogen) atoms. The lowest BCUT2D eigenvalue weighted by Crippen LogP contribution is -2.33. The molecule has 2 rings (SSSR count). The molecule has 4 heteroatoms. The highest BCUT2D eigenvalue weighted by molar-refractivity contribution is 5.75. The van der Waals surface area contributed by atoms with E-state index in [1.165, 1.54) is 24.0 Å². The molecule has 0 bridgehead atoms. The van der Waals surface area contributed by atoms with Gasteiger partial charge in [-0.2, -0.15) is 0 Å². The highest BCUT2D eigenvalue weighted by Crippen LogP contribution is 2.29. The van der Waals surface area contributed by atoms with Crippen molar-refractivity contribution in [3.8, 4) is 5.75 Å². The summed E-state index contributed by atoms with van der Waals surface area (Å²) in [6.07, 6.45) is 5.91. The Hall–Kier alpha value is -1.55. The van der Waals surface area contributed by atoms with Crippen LogP contribution < -0.4 is 10.6 Å². The minimum atomic E-state index is -0.0568. The molecule has 4 nitrogen and oxygen atoms in total. The first-order valence-corrected chi connectivity index (χ1v) is 6.93. The van der Waals surface area contributed by atoms with Gasteiger partial charge < -0.3 is 4.74 Å². The molecule has 1 aliphatic carbocycles. The molecule has 1 aromatic rings. The van der Waals surface area contributed by atoms with Gasteiger partial charge in [0, 0.05) is 13.5 Å². The van der Waals surface area contributed by atoms with Crippen LogP contribution in [0.25, 0.3) is 0 Å². The first kappa shape index (κ1) is 13.9. The summed E-state index contributed by atoms with van der Waals surface area (Å²) in [5, 5.41) is 1.13. The molecular formula is C15H22N2O2. The minimum Gasteiger partial charge on any atom is -0.493 e. The Bertz CT molecular complexity index is 444. The molecule has 104 valence electrons. The van der Waals surface area contributed by atoms with Crippen molar-refractivity contribution in [2.24, 2.45) is 5.84 Å². The van der Waals surface area contributed by atoms with Gasteiger partial charge in [0.15, 0.2) is 0 Å². The second-order valence-corrected chi connectivity index (χ2v) is 5.06. The van der Waals surface area contributed by atoms with Crippen molar-refractivity contribution < 1.29 is 9.53 Å². The molecule has 0 unspecified atom stereocenters. The third kappa shape index (κ3) is 3.70. The number of hydrazine groups is 1. The Morgan fingerprint density at radius 3 is 2.95 bits per heavy atom. The molecule has 0 aromatic heterocycles. The van der Waals surface area contributed by atoms with E-state index in [2.05, 4.69) is 12.1 Å². The second-order valence-electron chi connectivity index (χ2n) is 5.06. The van der Waals surface area contributed by atoms with Crippen LogP contribution in [0.15, 0.2) is 18.2 Å². The Kier molecular flexibility index (Phi) is 4.80. The molecule has 1 aliphatic rings. The normalized spacial score (nSPS) is 13.8. The van der Waals surface area contributed by atoms with Crippen molar-refractivity contribution in [2.45, 2.75) is 38.5 Å². The van der Waals surface area contributed by atoms with Crippen LogP contribution in [0.1, 0.15) is 36.8 Å². The molecule has 0 atom stereocenters. The first-order valence-electron chi connectivity index (χ1n) is 6.93. The lowest BCUT2D eigenvalue weighted by atomic mass is 9.91. The zero-order chi connectivity index (χ0) is 13.7. The van der Waals surface area contributed by atoms with Gasteiger partial charge in [-0.15, -0.1) is 0 Å². The van der Waals surface area contributed by atoms with E-state index in [1.54, 1.807) is 7.05 Å². The SMILES string of the molecule is CN(N)C(=O)CCCOc1cccc2c1CCCC2. The van der Waals surface area contributed by atoms with Gasteiger partial charge in [0.2, 0.25) is 5.91 Å². The van der Waals surface area contributed by atoms with Gasteiger partial charge in [0.05, 0.1) is 6.61 Å². The minimum absolute atomic E-state index is 0.0568. The summed E-state index contributed by atoms with van der Waals surface area (Å²) in [4.78, 5) is 11.3. The predicted octanol–water partition coefficient (Wildman–Crippen LogP) is 2.06. The quantitative estimate of drug-likeness (QED) is 0.382. The van der Waals surface area contributed by atoms with Gasteiger partial charge in [-0.3, -0.25) is 9.80 Å². The highest BCUT2D eigenvalue weighted by Gasteiger charge is 2.13. The van der Waals surface area contributed by atoms with Crippen LogP contribution in [-0.2, 0) is 17.6 Å². The van der Waals surface area contributed by atoms with Crippen molar-refractivity contribution in [3.63, 3.8) is 0 Å². The molecule has 0 saturated carbocycles. The summed E-state index contributed by atoms with van der Waals surface area (Å²) < 4.78 is 5.82. The zero-order valence-corrected chi connectivity index (χ0v) is 11.5. The van der Waals surface area contributed by atoms with Gasteiger partial charge in [-0.05, 0) is 49.3 Å². The van der Waals surface area contributed by atoms with Crippen LogP contribution in [0.2, 0.25) is 0 Å². The Morgan fingerprint density at radius 2 is 2.16 bits per heavy atom. The Morgan fingerprint density at radius 1 is 1.37 bits per heavy atom. The largest absolute Gasteiger partial charge is 0.493 e. The number of nitrogens with zero attached hydrogens (tertiary/aromatic N) is 1. The molecule has 0 radical (unpaired) electrons. The number of ether oxygens (including phenoxy) is 1. The van der Waals surface area contributed by atoms with E-state index >= 15 is 0 Å². The third-order valence-electron chi connectivity index (χ3n) is 3.54. The van der Waals surface area contributed by atoms with E-state index in [0.717, 1.165) is 23.6 Å². The summed E-state index contributed by atoms with van der Waals surface area (Å²) >= 11 is 0. The average Bonchev–Trinajstić information content (AvgIpc) is 2.43. The number of aryl methyl sites for hydroxylation is 1. The maximum atomic E-state index is 11.3. The van der Waals surface area contributed by atoms with Gasteiger partial charge in [-0.1, -0.05) is 12.1 Å². The van der Waals surface area contributed by atoms with Crippen LogP contribution in [-0.4, -0.2) is 24.6 Å². The van der Waals surface area contributed by atoms with E-state index in [-0.39, 0.29) is 5.91 Å². The standard InChI is InChI=1S/C15H22N2O2/c1-17(16)15(18)10-5-11-19-14-9-4-7-12-6-2-3-8-13(12)14/h4,7,9H,2-3,5-6,8,10-11,16H2,1H3. The van der Waals surface area contributed by atoms with Crippen molar-refractivity contribution in [3.05, 3.63) is 29.3 Å². The highest BCUT2D eigenvalue weighted by atomic mass is 16.5. The number of benzene rings is 1. The molecule has 0 heterocycles. The third-order valence-corrected chi connectivity index (χ3v) is 3.54. The van der Waals surface area contributed by atoms with Crippen molar-refractivity contribution in [1.82, 2.24) is 5.01 Å². The first-order chi connectivity index (χ1) is 9.18. The van der Waals surface area contributed by atoms with Gasteiger partial charge >= 0.3 is 0 Å². The van der Waals surface area contributed by atoms with E-state index in [4.69, 9.17) is 10.6 Å². The number of amides is 1. The van der Waals surface area contributed by atoms with E-state index in [0.29, 0.717) is 19.4 Å². The number of nitrogens with two attached hydrogens (primary N) is 1. The van der Waals surface area contributed by atoms with Crippen LogP contribution >= 0.6 is 0 Å². The Labute approximate surface area is 114 Å². The zero-order valence-electron chi connectivity index (χ0n) is 11.5. The molecule has 0 saturated heterocycles. The molecular weight excluding hydrogens is 240 g/mol. The van der Waals surface area contributed by atoms with Crippen LogP contribution in [0.5, 0.6) is 5.75 Å². The molecule has 1 amide bonds. The fourth-order valence-corrected chi connectivity index (χ4v) is 2.46. The number of rotatable bonds is 5. The molecule has 2 N–H and O–H groups in total. The summed E-state index contributed by atoms with van der Waals surface area (Å²) in [5.41, 5.74) is 2.78. The maximum absolute atomic E-state index is 11.3. The second kappa shape index (κ2) is 6.57. The summed E-state index contributed by atoms with van der Waals surface area (Å²) in [7, 11) is 1.57. The average molecular weight is 262 g/mol. The summed E-state index contributed by atoms with van der Waals surface area (Å²) in [6, 6.07) is 6.27. The van der Waals surface area contributed by atoms with Crippen molar-refractivity contribution in [1.29, 1.82) is 0 Å². The lowest BCUT2D eigenvalue weighted by molar-refractivity contribution is -0.130. The van der Waals surface area contributed by atoms with Gasteiger partial charge in [0.1, 0.15) is 5.75 Å². The van der Waals surface area contributed by atoms with Gasteiger partial charge in [0.25, 0.3) is 0 Å². The van der Waals surface area contributed by atoms with Crippen LogP contribution in [0.4, 0.5) is 0 Å². The molecule has 0 fully saturated rings. The molecule has 1 aromatic carbocycles. The number of carbonyl (C=O) groups excluding carboxylic acids is 1. The van der Waals surface area contributed by atoms with E-state index < -0.39 is 0 Å². The maximum Gasteiger partial charge on any atom is 0.236 e. The van der Waals surface area contributed by atoms with Crippen LogP contribution in [0, 0.1) is 0 Å². The number of carbonyl (C=O) groups is 1. The van der Waals surface area contributed by atoms with Gasteiger partial charge in [-0.25, -0.2) is 5.84 Å². The number of hydrogen-bond donors (Lipinski definition) is 1. The fourth-order valence-electron chi connectivity index (χ4n) is 2.46. The topological polar surface area (TPSA) is 55.6 Å². The van der Waals surface area contributed by atoms with Crippen molar-refractivity contribution in [2.75, 3.05) is 13.7 Å². The summed E-state index contributed by atoms with van der Waals surface area (Å²) in [5.74, 6) is 6.30. The summed E-state index contributed by atoms with van der Waals surface area (Å²) in [6.45, 7) is 0.566. The van der Waals surface area contributed by atoms with Crippen molar-refractivity contribution >= 4 is 5.91 Å². The Balaban J connectivity index is 1.85. The number of hydrogen-bond acceptors (Lipinski definition) is 3. The molecule has 0 aliphatic heterocycles. The van der Waals surface area contributed by atoms with E-state index in [1.807, 2.05) is 6.07 Å².